The number of carbonyl (C=O) groups is 1. The predicted octanol–water partition coefficient (Wildman–Crippen LogP) is 3.51. The number of ether oxygens (including phenoxy) is 1. The standard InChI is InChI=1S/C22H27N3O2/c26-21(18-5-3-11-23-18)24-19-14-22(27-20-6-2-1-4-17(19)20)9-12-25(13-10-22)15-16-7-8-16/h1-6,11,16,19,23H,7-10,12-15H2,(H,24,26). The first-order valence-corrected chi connectivity index (χ1v) is 10.2. The summed E-state index contributed by atoms with van der Waals surface area (Å²) in [7, 11) is 0. The Morgan fingerprint density at radius 3 is 2.74 bits per heavy atom. The number of rotatable bonds is 4. The van der Waals surface area contributed by atoms with Crippen LogP contribution in [0.4, 0.5) is 0 Å². The van der Waals surface area contributed by atoms with Crippen molar-refractivity contribution < 1.29 is 9.53 Å². The maximum absolute atomic E-state index is 12.6. The summed E-state index contributed by atoms with van der Waals surface area (Å²) >= 11 is 0. The van der Waals surface area contributed by atoms with E-state index >= 15 is 0 Å². The molecule has 1 spiro atoms. The lowest BCUT2D eigenvalue weighted by Crippen LogP contribution is -2.52. The van der Waals surface area contributed by atoms with Crippen LogP contribution in [0.15, 0.2) is 42.6 Å². The molecule has 5 heteroatoms. The molecule has 2 aliphatic heterocycles. The molecule has 0 bridgehead atoms. The molecule has 1 amide bonds. The number of H-pyrrole nitrogens is 1. The number of para-hydroxylation sites is 1. The Morgan fingerprint density at radius 2 is 2.00 bits per heavy atom. The molecule has 1 saturated heterocycles. The van der Waals surface area contributed by atoms with Crippen LogP contribution in [0.1, 0.15) is 54.2 Å². The van der Waals surface area contributed by atoms with Crippen molar-refractivity contribution in [1.29, 1.82) is 0 Å². The summed E-state index contributed by atoms with van der Waals surface area (Å²) in [5.74, 6) is 1.80. The Hall–Kier alpha value is -2.27. The summed E-state index contributed by atoms with van der Waals surface area (Å²) in [5.41, 5.74) is 1.53. The van der Waals surface area contributed by atoms with E-state index in [4.69, 9.17) is 4.74 Å². The van der Waals surface area contributed by atoms with Gasteiger partial charge in [0, 0.05) is 37.8 Å². The zero-order chi connectivity index (χ0) is 18.3. The third-order valence-corrected chi connectivity index (χ3v) is 6.33. The highest BCUT2D eigenvalue weighted by molar-refractivity contribution is 5.92. The Morgan fingerprint density at radius 1 is 1.19 bits per heavy atom. The van der Waals surface area contributed by atoms with Crippen molar-refractivity contribution in [1.82, 2.24) is 15.2 Å². The molecule has 1 atom stereocenters. The van der Waals surface area contributed by atoms with Crippen LogP contribution < -0.4 is 10.1 Å². The molecule has 0 radical (unpaired) electrons. The fourth-order valence-electron chi connectivity index (χ4n) is 4.57. The van der Waals surface area contributed by atoms with Gasteiger partial charge in [-0.1, -0.05) is 18.2 Å². The molecular weight excluding hydrogens is 338 g/mol. The Balaban J connectivity index is 1.34. The van der Waals surface area contributed by atoms with Crippen LogP contribution >= 0.6 is 0 Å². The fraction of sp³-hybridized carbons (Fsp3) is 0.500. The largest absolute Gasteiger partial charge is 0.487 e. The van der Waals surface area contributed by atoms with Crippen LogP contribution in [-0.2, 0) is 0 Å². The minimum absolute atomic E-state index is 0.0132. The topological polar surface area (TPSA) is 57.4 Å². The molecule has 1 aliphatic carbocycles. The van der Waals surface area contributed by atoms with E-state index in [0.29, 0.717) is 5.69 Å². The quantitative estimate of drug-likeness (QED) is 0.872. The van der Waals surface area contributed by atoms with Crippen molar-refractivity contribution in [3.63, 3.8) is 0 Å². The zero-order valence-corrected chi connectivity index (χ0v) is 15.6. The van der Waals surface area contributed by atoms with Gasteiger partial charge in [0.15, 0.2) is 0 Å². The van der Waals surface area contributed by atoms with E-state index in [-0.39, 0.29) is 17.6 Å². The summed E-state index contributed by atoms with van der Waals surface area (Å²) in [6.07, 6.45) is 7.49. The Kier molecular flexibility index (Phi) is 4.20. The van der Waals surface area contributed by atoms with Crippen LogP contribution in [-0.4, -0.2) is 41.0 Å². The maximum Gasteiger partial charge on any atom is 0.268 e. The minimum atomic E-state index is -0.165. The summed E-state index contributed by atoms with van der Waals surface area (Å²) in [6, 6.07) is 11.8. The lowest BCUT2D eigenvalue weighted by molar-refractivity contribution is -0.0254. The van der Waals surface area contributed by atoms with Gasteiger partial charge in [-0.15, -0.1) is 0 Å². The molecule has 5 rings (SSSR count). The highest BCUT2D eigenvalue weighted by atomic mass is 16.5. The number of nitrogens with one attached hydrogen (secondary N) is 2. The van der Waals surface area contributed by atoms with Crippen LogP contribution in [0.2, 0.25) is 0 Å². The molecule has 3 heterocycles. The number of nitrogens with zero attached hydrogens (tertiary/aromatic N) is 1. The zero-order valence-electron chi connectivity index (χ0n) is 15.6. The predicted molar refractivity (Wildman–Crippen MR) is 104 cm³/mol. The van der Waals surface area contributed by atoms with Gasteiger partial charge in [-0.2, -0.15) is 0 Å². The van der Waals surface area contributed by atoms with E-state index in [1.165, 1.54) is 19.4 Å². The summed E-state index contributed by atoms with van der Waals surface area (Å²) in [6.45, 7) is 3.44. The van der Waals surface area contributed by atoms with E-state index in [9.17, 15) is 4.79 Å². The molecule has 2 N–H and O–H groups in total. The monoisotopic (exact) mass is 365 g/mol. The van der Waals surface area contributed by atoms with Gasteiger partial charge >= 0.3 is 0 Å². The van der Waals surface area contributed by atoms with Crippen molar-refractivity contribution in [2.45, 2.75) is 43.7 Å². The number of aromatic amines is 1. The lowest BCUT2D eigenvalue weighted by atomic mass is 9.80. The van der Waals surface area contributed by atoms with E-state index < -0.39 is 0 Å². The number of carbonyl (C=O) groups excluding carboxylic acids is 1. The van der Waals surface area contributed by atoms with Gasteiger partial charge in [0.2, 0.25) is 0 Å². The first-order valence-electron chi connectivity index (χ1n) is 10.2. The average molecular weight is 365 g/mol. The van der Waals surface area contributed by atoms with E-state index in [0.717, 1.165) is 49.6 Å². The van der Waals surface area contributed by atoms with Crippen molar-refractivity contribution in [2.24, 2.45) is 5.92 Å². The molecule has 142 valence electrons. The first-order chi connectivity index (χ1) is 13.2. The summed E-state index contributed by atoms with van der Waals surface area (Å²) < 4.78 is 6.55. The molecule has 2 aromatic rings. The number of likely N-dealkylation sites (tertiary alicyclic amines) is 1. The van der Waals surface area contributed by atoms with Gasteiger partial charge < -0.3 is 19.9 Å². The summed E-state index contributed by atoms with van der Waals surface area (Å²) in [4.78, 5) is 18.2. The molecule has 27 heavy (non-hydrogen) atoms. The van der Waals surface area contributed by atoms with Crippen LogP contribution in [0, 0.1) is 5.92 Å². The molecule has 2 fully saturated rings. The second-order valence-electron chi connectivity index (χ2n) is 8.38. The molecular formula is C22H27N3O2. The Bertz CT molecular complexity index is 805. The van der Waals surface area contributed by atoms with E-state index in [1.54, 1.807) is 6.20 Å². The van der Waals surface area contributed by atoms with Gasteiger partial charge in [-0.25, -0.2) is 0 Å². The number of fused-ring (bicyclic) bond motifs is 1. The fourth-order valence-corrected chi connectivity index (χ4v) is 4.57. The van der Waals surface area contributed by atoms with Gasteiger partial charge in [0.1, 0.15) is 17.0 Å². The van der Waals surface area contributed by atoms with Crippen LogP contribution in [0.5, 0.6) is 5.75 Å². The number of aromatic nitrogens is 1. The van der Waals surface area contributed by atoms with Crippen LogP contribution in [0.25, 0.3) is 0 Å². The van der Waals surface area contributed by atoms with Gasteiger partial charge in [0.05, 0.1) is 6.04 Å². The highest BCUT2D eigenvalue weighted by Gasteiger charge is 2.44. The van der Waals surface area contributed by atoms with Crippen molar-refractivity contribution in [2.75, 3.05) is 19.6 Å². The number of piperidine rings is 1. The van der Waals surface area contributed by atoms with Crippen molar-refractivity contribution >= 4 is 5.91 Å². The lowest BCUT2D eigenvalue weighted by Gasteiger charge is -2.47. The number of benzene rings is 1. The molecule has 1 saturated carbocycles. The van der Waals surface area contributed by atoms with E-state index in [1.807, 2.05) is 30.3 Å². The maximum atomic E-state index is 12.6. The van der Waals surface area contributed by atoms with Gasteiger partial charge in [-0.3, -0.25) is 4.79 Å². The number of hydrogen-bond acceptors (Lipinski definition) is 3. The normalized spacial score (nSPS) is 24.2. The second kappa shape index (κ2) is 6.71. The van der Waals surface area contributed by atoms with E-state index in [2.05, 4.69) is 21.3 Å². The second-order valence-corrected chi connectivity index (χ2v) is 8.38. The number of amides is 1. The third-order valence-electron chi connectivity index (χ3n) is 6.33. The molecule has 1 unspecified atom stereocenters. The van der Waals surface area contributed by atoms with Gasteiger partial charge in [-0.05, 0) is 49.8 Å². The molecule has 1 aromatic carbocycles. The average Bonchev–Trinajstić information content (AvgIpc) is 3.32. The SMILES string of the molecule is O=C(NC1CC2(CCN(CC3CC3)CC2)Oc2ccccc21)c1ccc[nH]1. The Labute approximate surface area is 160 Å². The third kappa shape index (κ3) is 3.48. The van der Waals surface area contributed by atoms with Gasteiger partial charge in [0.25, 0.3) is 5.91 Å². The smallest absolute Gasteiger partial charge is 0.268 e. The first kappa shape index (κ1) is 16.9. The van der Waals surface area contributed by atoms with Crippen LogP contribution in [0.3, 0.4) is 0 Å². The van der Waals surface area contributed by atoms with Crippen molar-refractivity contribution in [3.8, 4) is 5.75 Å². The summed E-state index contributed by atoms with van der Waals surface area (Å²) in [5, 5.41) is 3.24. The van der Waals surface area contributed by atoms with Crippen molar-refractivity contribution in [3.05, 3.63) is 53.9 Å². The minimum Gasteiger partial charge on any atom is -0.487 e. The molecule has 5 nitrogen and oxygen atoms in total. The molecule has 1 aromatic heterocycles. The highest BCUT2D eigenvalue weighted by Crippen LogP contribution is 2.44. The molecule has 3 aliphatic rings. The number of hydrogen-bond donors (Lipinski definition) is 2.